The lowest BCUT2D eigenvalue weighted by molar-refractivity contribution is -0.174. The zero-order valence-electron chi connectivity index (χ0n) is 13.6. The zero-order valence-corrected chi connectivity index (χ0v) is 13.6. The van der Waals surface area contributed by atoms with Gasteiger partial charge in [-0.1, -0.05) is 6.92 Å². The number of hydrogen-bond acceptors (Lipinski definition) is 3. The molecule has 0 radical (unpaired) electrons. The molecule has 1 fully saturated rings. The van der Waals surface area contributed by atoms with Gasteiger partial charge in [0.05, 0.1) is 11.2 Å². The molecule has 0 aliphatic carbocycles. The molecule has 0 aromatic rings. The first-order chi connectivity index (χ1) is 9.47. The Hall–Kier alpha value is -0.330. The number of nitrogens with one attached hydrogen (secondary N) is 1. The molecule has 1 heterocycles. The maximum Gasteiger partial charge on any atom is 0.411 e. The van der Waals surface area contributed by atoms with E-state index in [2.05, 4.69) is 19.2 Å². The third-order valence-corrected chi connectivity index (χ3v) is 3.93. The molecule has 0 saturated carbocycles. The van der Waals surface area contributed by atoms with E-state index >= 15 is 0 Å². The minimum atomic E-state index is -4.26. The van der Waals surface area contributed by atoms with Crippen molar-refractivity contribution in [2.24, 2.45) is 5.92 Å². The van der Waals surface area contributed by atoms with Crippen LogP contribution in [0.1, 0.15) is 47.5 Å². The van der Waals surface area contributed by atoms with Crippen LogP contribution in [0.5, 0.6) is 0 Å². The average Bonchev–Trinajstić information content (AvgIpc) is 2.50. The standard InChI is InChI=1S/C15H28F3NO2/c1-6-19-12(7-8-20-10-15(16,17)18)11-9-13(2,3)21-14(11,4)5/h11-12,19H,6-10H2,1-5H3. The topological polar surface area (TPSA) is 30.5 Å². The number of alkyl halides is 3. The highest BCUT2D eigenvalue weighted by Crippen LogP contribution is 2.44. The third kappa shape index (κ3) is 6.12. The summed E-state index contributed by atoms with van der Waals surface area (Å²) < 4.78 is 47.1. The van der Waals surface area contributed by atoms with Gasteiger partial charge in [0.25, 0.3) is 0 Å². The first-order valence-corrected chi connectivity index (χ1v) is 7.55. The van der Waals surface area contributed by atoms with Crippen molar-refractivity contribution in [3.8, 4) is 0 Å². The summed E-state index contributed by atoms with van der Waals surface area (Å²) in [7, 11) is 0. The van der Waals surface area contributed by atoms with Crippen molar-refractivity contribution in [1.29, 1.82) is 0 Å². The van der Waals surface area contributed by atoms with E-state index < -0.39 is 12.8 Å². The Morgan fingerprint density at radius 2 is 1.90 bits per heavy atom. The Morgan fingerprint density at radius 1 is 1.29 bits per heavy atom. The van der Waals surface area contributed by atoms with Crippen LogP contribution in [0.2, 0.25) is 0 Å². The van der Waals surface area contributed by atoms with Gasteiger partial charge in [-0.2, -0.15) is 13.2 Å². The molecule has 6 heteroatoms. The number of hydrogen-bond donors (Lipinski definition) is 1. The Morgan fingerprint density at radius 3 is 2.33 bits per heavy atom. The molecule has 0 amide bonds. The normalized spacial score (nSPS) is 26.0. The van der Waals surface area contributed by atoms with Crippen LogP contribution in [0.25, 0.3) is 0 Å². The van der Waals surface area contributed by atoms with Crippen molar-refractivity contribution in [1.82, 2.24) is 5.32 Å². The van der Waals surface area contributed by atoms with Crippen LogP contribution in [0.15, 0.2) is 0 Å². The van der Waals surface area contributed by atoms with Crippen LogP contribution in [0.3, 0.4) is 0 Å². The number of halogens is 3. The predicted octanol–water partition coefficient (Wildman–Crippen LogP) is 3.53. The summed E-state index contributed by atoms with van der Waals surface area (Å²) >= 11 is 0. The van der Waals surface area contributed by atoms with Crippen molar-refractivity contribution in [3.63, 3.8) is 0 Å². The molecule has 2 unspecified atom stereocenters. The highest BCUT2D eigenvalue weighted by atomic mass is 19.4. The van der Waals surface area contributed by atoms with E-state index in [-0.39, 0.29) is 29.8 Å². The summed E-state index contributed by atoms with van der Waals surface area (Å²) in [6, 6.07) is 0.0972. The van der Waals surface area contributed by atoms with E-state index in [1.807, 2.05) is 20.8 Å². The quantitative estimate of drug-likeness (QED) is 0.730. The van der Waals surface area contributed by atoms with Gasteiger partial charge in [-0.25, -0.2) is 0 Å². The predicted molar refractivity (Wildman–Crippen MR) is 76.3 cm³/mol. The van der Waals surface area contributed by atoms with Gasteiger partial charge in [0.15, 0.2) is 0 Å². The molecule has 0 aromatic carbocycles. The van der Waals surface area contributed by atoms with E-state index in [0.29, 0.717) is 6.42 Å². The first kappa shape index (κ1) is 18.7. The lowest BCUT2D eigenvalue weighted by atomic mass is 9.80. The monoisotopic (exact) mass is 311 g/mol. The van der Waals surface area contributed by atoms with Crippen LogP contribution >= 0.6 is 0 Å². The van der Waals surface area contributed by atoms with Crippen LogP contribution in [0, 0.1) is 5.92 Å². The second-order valence-corrected chi connectivity index (χ2v) is 6.90. The molecule has 0 spiro atoms. The highest BCUT2D eigenvalue weighted by molar-refractivity contribution is 4.99. The summed E-state index contributed by atoms with van der Waals surface area (Å²) in [5.41, 5.74) is -0.491. The fraction of sp³-hybridized carbons (Fsp3) is 1.00. The fourth-order valence-corrected chi connectivity index (χ4v) is 3.34. The molecule has 1 aliphatic rings. The van der Waals surface area contributed by atoms with Crippen LogP contribution < -0.4 is 5.32 Å². The summed E-state index contributed by atoms with van der Waals surface area (Å²) in [5, 5.41) is 3.37. The molecule has 2 atom stereocenters. The van der Waals surface area contributed by atoms with Crippen LogP contribution in [-0.2, 0) is 9.47 Å². The van der Waals surface area contributed by atoms with Gasteiger partial charge in [0.1, 0.15) is 6.61 Å². The molecule has 21 heavy (non-hydrogen) atoms. The van der Waals surface area contributed by atoms with Gasteiger partial charge in [-0.05, 0) is 47.1 Å². The largest absolute Gasteiger partial charge is 0.411 e. The Labute approximate surface area is 125 Å². The summed E-state index contributed by atoms with van der Waals surface area (Å²) in [6.07, 6.45) is -2.82. The molecule has 1 rings (SSSR count). The van der Waals surface area contributed by atoms with Crippen LogP contribution in [0.4, 0.5) is 13.2 Å². The lowest BCUT2D eigenvalue weighted by Crippen LogP contribution is -2.45. The lowest BCUT2D eigenvalue weighted by Gasteiger charge is -2.33. The molecule has 1 N–H and O–H groups in total. The average molecular weight is 311 g/mol. The molecule has 1 aliphatic heterocycles. The summed E-state index contributed by atoms with van der Waals surface area (Å²) in [6.45, 7) is 9.90. The summed E-state index contributed by atoms with van der Waals surface area (Å²) in [5.74, 6) is 0.252. The van der Waals surface area contributed by atoms with E-state index in [1.165, 1.54) is 0 Å². The zero-order chi connectivity index (χ0) is 16.3. The van der Waals surface area contributed by atoms with Crippen molar-refractivity contribution >= 4 is 0 Å². The molecular weight excluding hydrogens is 283 g/mol. The highest BCUT2D eigenvalue weighted by Gasteiger charge is 2.48. The van der Waals surface area contributed by atoms with Gasteiger partial charge in [-0.3, -0.25) is 0 Å². The van der Waals surface area contributed by atoms with Gasteiger partial charge < -0.3 is 14.8 Å². The van der Waals surface area contributed by atoms with E-state index in [9.17, 15) is 13.2 Å². The second-order valence-electron chi connectivity index (χ2n) is 6.90. The Kier molecular flexibility index (Phi) is 6.09. The molecule has 0 aromatic heterocycles. The Bertz CT molecular complexity index is 329. The van der Waals surface area contributed by atoms with Crippen LogP contribution in [-0.4, -0.2) is 43.2 Å². The van der Waals surface area contributed by atoms with Crippen molar-refractivity contribution in [2.75, 3.05) is 19.8 Å². The maximum absolute atomic E-state index is 12.1. The molecular formula is C15H28F3NO2. The van der Waals surface area contributed by atoms with Crippen molar-refractivity contribution < 1.29 is 22.6 Å². The van der Waals surface area contributed by atoms with E-state index in [1.54, 1.807) is 0 Å². The molecule has 3 nitrogen and oxygen atoms in total. The van der Waals surface area contributed by atoms with Gasteiger partial charge in [0.2, 0.25) is 0 Å². The maximum atomic E-state index is 12.1. The molecule has 1 saturated heterocycles. The first-order valence-electron chi connectivity index (χ1n) is 7.55. The van der Waals surface area contributed by atoms with Gasteiger partial charge >= 0.3 is 6.18 Å². The number of rotatable bonds is 7. The fourth-order valence-electron chi connectivity index (χ4n) is 3.34. The summed E-state index contributed by atoms with van der Waals surface area (Å²) in [4.78, 5) is 0. The number of ether oxygens (including phenoxy) is 2. The minimum absolute atomic E-state index is 0.0972. The third-order valence-electron chi connectivity index (χ3n) is 3.93. The van der Waals surface area contributed by atoms with Gasteiger partial charge in [0, 0.05) is 18.6 Å². The Balaban J connectivity index is 2.57. The molecule has 126 valence electrons. The minimum Gasteiger partial charge on any atom is -0.372 e. The van der Waals surface area contributed by atoms with E-state index in [0.717, 1.165) is 13.0 Å². The van der Waals surface area contributed by atoms with Gasteiger partial charge in [-0.15, -0.1) is 0 Å². The second kappa shape index (κ2) is 6.84. The SMILES string of the molecule is CCNC(CCOCC(F)(F)F)C1CC(C)(C)OC1(C)C. The van der Waals surface area contributed by atoms with E-state index in [4.69, 9.17) is 9.47 Å². The smallest absolute Gasteiger partial charge is 0.372 e. The van der Waals surface area contributed by atoms with Crippen molar-refractivity contribution in [2.45, 2.75) is 70.9 Å². The molecule has 0 bridgehead atoms. The van der Waals surface area contributed by atoms with Crippen molar-refractivity contribution in [3.05, 3.63) is 0 Å².